The van der Waals surface area contributed by atoms with E-state index in [0.717, 1.165) is 5.82 Å². The van der Waals surface area contributed by atoms with Gasteiger partial charge in [0.25, 0.3) is 5.91 Å². The molecule has 0 spiro atoms. The number of hydrogen-bond acceptors (Lipinski definition) is 4. The van der Waals surface area contributed by atoms with Gasteiger partial charge in [0, 0.05) is 31.5 Å². The third kappa shape index (κ3) is 4.36. The number of carbonyl (C=O) groups is 1. The molecule has 25 heavy (non-hydrogen) atoms. The van der Waals surface area contributed by atoms with Crippen molar-refractivity contribution in [3.05, 3.63) is 48.3 Å². The van der Waals surface area contributed by atoms with Crippen molar-refractivity contribution in [3.8, 4) is 5.75 Å². The highest BCUT2D eigenvalue weighted by atomic mass is 19.1. The Morgan fingerprint density at radius 1 is 1.40 bits per heavy atom. The minimum atomic E-state index is -0.842. The van der Waals surface area contributed by atoms with Crippen LogP contribution in [0.2, 0.25) is 0 Å². The number of aliphatic hydroxyl groups is 1. The van der Waals surface area contributed by atoms with E-state index in [9.17, 15) is 14.3 Å². The van der Waals surface area contributed by atoms with Gasteiger partial charge < -0.3 is 19.3 Å². The molecule has 1 aliphatic heterocycles. The highest BCUT2D eigenvalue weighted by molar-refractivity contribution is 5.77. The average Bonchev–Trinajstić information content (AvgIpc) is 2.98. The SMILES string of the molecule is Cc1nccn1CC1(O)CCN(C(=O)COc2cccc(F)c2)CC1. The second-order valence-corrected chi connectivity index (χ2v) is 6.45. The van der Waals surface area contributed by atoms with E-state index in [1.165, 1.54) is 18.2 Å². The van der Waals surface area contributed by atoms with Gasteiger partial charge in [-0.25, -0.2) is 9.37 Å². The summed E-state index contributed by atoms with van der Waals surface area (Å²) in [5.41, 5.74) is -0.842. The van der Waals surface area contributed by atoms with E-state index in [0.29, 0.717) is 38.2 Å². The predicted octanol–water partition coefficient (Wildman–Crippen LogP) is 1.76. The normalized spacial score (nSPS) is 16.7. The van der Waals surface area contributed by atoms with Crippen LogP contribution >= 0.6 is 0 Å². The first kappa shape index (κ1) is 17.4. The highest BCUT2D eigenvalue weighted by Crippen LogP contribution is 2.25. The lowest BCUT2D eigenvalue weighted by molar-refractivity contribution is -0.138. The lowest BCUT2D eigenvalue weighted by Crippen LogP contribution is -2.49. The van der Waals surface area contributed by atoms with Crippen molar-refractivity contribution >= 4 is 5.91 Å². The van der Waals surface area contributed by atoms with Crippen LogP contribution in [0.5, 0.6) is 5.75 Å². The summed E-state index contributed by atoms with van der Waals surface area (Å²) in [6.45, 7) is 3.17. The Morgan fingerprint density at radius 2 is 2.16 bits per heavy atom. The number of halogens is 1. The number of benzene rings is 1. The number of rotatable bonds is 5. The molecule has 134 valence electrons. The van der Waals surface area contributed by atoms with Crippen LogP contribution < -0.4 is 4.74 Å². The highest BCUT2D eigenvalue weighted by Gasteiger charge is 2.34. The Balaban J connectivity index is 1.49. The quantitative estimate of drug-likeness (QED) is 0.895. The van der Waals surface area contributed by atoms with Gasteiger partial charge in [0.15, 0.2) is 6.61 Å². The number of piperidine rings is 1. The van der Waals surface area contributed by atoms with Crippen LogP contribution in [0, 0.1) is 12.7 Å². The molecule has 0 saturated carbocycles. The molecule has 1 N–H and O–H groups in total. The van der Waals surface area contributed by atoms with Gasteiger partial charge in [-0.3, -0.25) is 4.79 Å². The molecule has 0 aliphatic carbocycles. The molecule has 1 aliphatic rings. The zero-order valence-electron chi connectivity index (χ0n) is 14.2. The monoisotopic (exact) mass is 347 g/mol. The summed E-state index contributed by atoms with van der Waals surface area (Å²) in [7, 11) is 0. The van der Waals surface area contributed by atoms with Crippen LogP contribution in [0.1, 0.15) is 18.7 Å². The number of aryl methyl sites for hydroxylation is 1. The average molecular weight is 347 g/mol. The standard InChI is InChI=1S/C18H22FN3O3/c1-14-20-7-10-22(14)13-18(24)5-8-21(9-6-18)17(23)12-25-16-4-2-3-15(19)11-16/h2-4,7,10-11,24H,5-6,8-9,12-13H2,1H3. The van der Waals surface area contributed by atoms with Crippen molar-refractivity contribution in [2.24, 2.45) is 0 Å². The van der Waals surface area contributed by atoms with Crippen molar-refractivity contribution in [1.82, 2.24) is 14.5 Å². The molecule has 0 bridgehead atoms. The molecule has 1 aromatic carbocycles. The van der Waals surface area contributed by atoms with Crippen molar-refractivity contribution in [2.75, 3.05) is 19.7 Å². The van der Waals surface area contributed by atoms with E-state index in [1.54, 1.807) is 17.2 Å². The number of aromatic nitrogens is 2. The van der Waals surface area contributed by atoms with Gasteiger partial charge in [-0.05, 0) is 31.9 Å². The molecule has 1 fully saturated rings. The molecule has 0 radical (unpaired) electrons. The minimum absolute atomic E-state index is 0.136. The Labute approximate surface area is 145 Å². The van der Waals surface area contributed by atoms with E-state index >= 15 is 0 Å². The fourth-order valence-electron chi connectivity index (χ4n) is 3.01. The van der Waals surface area contributed by atoms with Crippen LogP contribution in [0.25, 0.3) is 0 Å². The second kappa shape index (κ2) is 7.23. The van der Waals surface area contributed by atoms with Crippen molar-refractivity contribution < 1.29 is 19.0 Å². The van der Waals surface area contributed by atoms with Crippen LogP contribution in [-0.4, -0.2) is 50.8 Å². The Hall–Kier alpha value is -2.41. The van der Waals surface area contributed by atoms with Gasteiger partial charge in [0.1, 0.15) is 17.4 Å². The number of hydrogen-bond donors (Lipinski definition) is 1. The van der Waals surface area contributed by atoms with Crippen LogP contribution in [0.15, 0.2) is 36.7 Å². The number of likely N-dealkylation sites (tertiary alicyclic amines) is 1. The molecule has 0 atom stereocenters. The maximum Gasteiger partial charge on any atom is 0.260 e. The Kier molecular flexibility index (Phi) is 5.03. The molecule has 2 aromatic rings. The molecule has 1 saturated heterocycles. The Morgan fingerprint density at radius 3 is 2.80 bits per heavy atom. The van der Waals surface area contributed by atoms with E-state index in [1.807, 2.05) is 17.7 Å². The van der Waals surface area contributed by atoms with Gasteiger partial charge in [0.2, 0.25) is 0 Å². The van der Waals surface area contributed by atoms with Gasteiger partial charge >= 0.3 is 0 Å². The van der Waals surface area contributed by atoms with E-state index in [-0.39, 0.29) is 12.5 Å². The number of carbonyl (C=O) groups excluding carboxylic acids is 1. The van der Waals surface area contributed by atoms with Crippen LogP contribution in [0.4, 0.5) is 4.39 Å². The molecule has 3 rings (SSSR count). The third-order valence-corrected chi connectivity index (χ3v) is 4.59. The van der Waals surface area contributed by atoms with E-state index in [2.05, 4.69) is 4.98 Å². The summed E-state index contributed by atoms with van der Waals surface area (Å²) in [6, 6.07) is 5.71. The number of imidazole rings is 1. The van der Waals surface area contributed by atoms with Gasteiger partial charge in [-0.15, -0.1) is 0 Å². The van der Waals surface area contributed by atoms with Crippen molar-refractivity contribution in [3.63, 3.8) is 0 Å². The largest absolute Gasteiger partial charge is 0.484 e. The van der Waals surface area contributed by atoms with Crippen molar-refractivity contribution in [2.45, 2.75) is 31.9 Å². The van der Waals surface area contributed by atoms with Crippen LogP contribution in [-0.2, 0) is 11.3 Å². The maximum absolute atomic E-state index is 13.1. The fourth-order valence-corrected chi connectivity index (χ4v) is 3.01. The first-order valence-electron chi connectivity index (χ1n) is 8.31. The molecule has 6 nitrogen and oxygen atoms in total. The second-order valence-electron chi connectivity index (χ2n) is 6.45. The summed E-state index contributed by atoms with van der Waals surface area (Å²) in [6.07, 6.45) is 4.55. The maximum atomic E-state index is 13.1. The topological polar surface area (TPSA) is 67.6 Å². The molecule has 7 heteroatoms. The number of amides is 1. The predicted molar refractivity (Wildman–Crippen MR) is 89.6 cm³/mol. The Bertz CT molecular complexity index is 739. The molecule has 1 amide bonds. The molecular formula is C18H22FN3O3. The first-order valence-corrected chi connectivity index (χ1v) is 8.31. The number of nitrogens with zero attached hydrogens (tertiary/aromatic N) is 3. The minimum Gasteiger partial charge on any atom is -0.484 e. The van der Waals surface area contributed by atoms with Crippen molar-refractivity contribution in [1.29, 1.82) is 0 Å². The molecule has 1 aromatic heterocycles. The summed E-state index contributed by atoms with van der Waals surface area (Å²) in [5.74, 6) is 0.626. The van der Waals surface area contributed by atoms with Crippen LogP contribution in [0.3, 0.4) is 0 Å². The molecule has 0 unspecified atom stereocenters. The molecule has 2 heterocycles. The van der Waals surface area contributed by atoms with E-state index < -0.39 is 11.4 Å². The number of ether oxygens (including phenoxy) is 1. The zero-order chi connectivity index (χ0) is 17.9. The zero-order valence-corrected chi connectivity index (χ0v) is 14.2. The third-order valence-electron chi connectivity index (χ3n) is 4.59. The summed E-state index contributed by atoms with van der Waals surface area (Å²) in [4.78, 5) is 18.1. The lowest BCUT2D eigenvalue weighted by Gasteiger charge is -2.38. The van der Waals surface area contributed by atoms with Gasteiger partial charge in [0.05, 0.1) is 12.1 Å². The summed E-state index contributed by atoms with van der Waals surface area (Å²) in [5, 5.41) is 10.7. The van der Waals surface area contributed by atoms with E-state index in [4.69, 9.17) is 4.74 Å². The summed E-state index contributed by atoms with van der Waals surface area (Å²) >= 11 is 0. The summed E-state index contributed by atoms with van der Waals surface area (Å²) < 4.78 is 20.4. The van der Waals surface area contributed by atoms with Gasteiger partial charge in [-0.1, -0.05) is 6.07 Å². The molecular weight excluding hydrogens is 325 g/mol. The lowest BCUT2D eigenvalue weighted by atomic mass is 9.91. The smallest absolute Gasteiger partial charge is 0.260 e. The first-order chi connectivity index (χ1) is 12.0. The van der Waals surface area contributed by atoms with Gasteiger partial charge in [-0.2, -0.15) is 0 Å². The fraction of sp³-hybridized carbons (Fsp3) is 0.444.